The Morgan fingerprint density at radius 1 is 1.00 bits per heavy atom. The number of ether oxygens (including phenoxy) is 2. The molecule has 30 heavy (non-hydrogen) atoms. The molecule has 4 heterocycles. The molecule has 0 radical (unpaired) electrons. The van der Waals surface area contributed by atoms with Crippen molar-refractivity contribution >= 4 is 11.8 Å². The van der Waals surface area contributed by atoms with Crippen molar-refractivity contribution in [3.63, 3.8) is 0 Å². The van der Waals surface area contributed by atoms with Crippen LogP contribution >= 0.6 is 11.8 Å². The smallest absolute Gasteiger partial charge is 0.231 e. The summed E-state index contributed by atoms with van der Waals surface area (Å²) < 4.78 is 13.1. The van der Waals surface area contributed by atoms with E-state index in [1.54, 1.807) is 11.8 Å². The van der Waals surface area contributed by atoms with Gasteiger partial charge in [0.15, 0.2) is 16.7 Å². The summed E-state index contributed by atoms with van der Waals surface area (Å²) in [7, 11) is 2.09. The maximum absolute atomic E-state index is 5.50. The molecule has 0 aliphatic carbocycles. The molecule has 2 aliphatic rings. The van der Waals surface area contributed by atoms with Crippen LogP contribution in [-0.2, 0) is 19.3 Å². The van der Waals surface area contributed by atoms with Gasteiger partial charge in [0.05, 0.1) is 0 Å². The van der Waals surface area contributed by atoms with Gasteiger partial charge in [-0.15, -0.1) is 10.2 Å². The number of benzene rings is 1. The van der Waals surface area contributed by atoms with E-state index in [0.29, 0.717) is 12.7 Å². The van der Waals surface area contributed by atoms with Gasteiger partial charge in [0, 0.05) is 37.7 Å². The topological polar surface area (TPSA) is 65.3 Å². The second-order valence-electron chi connectivity index (χ2n) is 7.78. The number of piperidine rings is 1. The number of pyridine rings is 1. The lowest BCUT2D eigenvalue weighted by molar-refractivity contribution is 0.173. The number of fused-ring (bicyclic) bond motifs is 1. The van der Waals surface area contributed by atoms with Crippen molar-refractivity contribution in [3.8, 4) is 11.5 Å². The van der Waals surface area contributed by atoms with Crippen LogP contribution in [0.1, 0.15) is 35.7 Å². The molecule has 1 fully saturated rings. The first-order valence-electron chi connectivity index (χ1n) is 10.3. The lowest BCUT2D eigenvalue weighted by atomic mass is 9.95. The van der Waals surface area contributed by atoms with E-state index in [2.05, 4.69) is 43.8 Å². The van der Waals surface area contributed by atoms with Gasteiger partial charge < -0.3 is 14.0 Å². The number of hydrogen-bond donors (Lipinski definition) is 0. The Balaban J connectivity index is 1.16. The summed E-state index contributed by atoms with van der Waals surface area (Å²) in [6, 6.07) is 10.3. The van der Waals surface area contributed by atoms with Crippen LogP contribution in [0.25, 0.3) is 0 Å². The van der Waals surface area contributed by atoms with Gasteiger partial charge in [-0.2, -0.15) is 0 Å². The number of aromatic nitrogens is 4. The maximum atomic E-state index is 5.50. The SMILES string of the molecule is Cn1c(SCc2ccncc2)nnc1C1CCN(Cc2ccc3c(c2)OCO3)CC1. The zero-order chi connectivity index (χ0) is 20.3. The predicted molar refractivity (Wildman–Crippen MR) is 115 cm³/mol. The highest BCUT2D eigenvalue weighted by atomic mass is 32.2. The van der Waals surface area contributed by atoms with E-state index in [4.69, 9.17) is 9.47 Å². The summed E-state index contributed by atoms with van der Waals surface area (Å²) in [6.07, 6.45) is 5.86. The number of rotatable bonds is 6. The third-order valence-electron chi connectivity index (χ3n) is 5.78. The Kier molecular flexibility index (Phi) is 5.59. The second kappa shape index (κ2) is 8.65. The molecule has 1 aromatic carbocycles. The Hall–Kier alpha value is -2.58. The minimum absolute atomic E-state index is 0.324. The minimum Gasteiger partial charge on any atom is -0.454 e. The molecule has 0 bridgehead atoms. The van der Waals surface area contributed by atoms with Crippen molar-refractivity contribution in [1.29, 1.82) is 0 Å². The van der Waals surface area contributed by atoms with Crippen molar-refractivity contribution in [3.05, 3.63) is 59.7 Å². The molecule has 0 amide bonds. The van der Waals surface area contributed by atoms with Gasteiger partial charge in [-0.05, 0) is 61.3 Å². The van der Waals surface area contributed by atoms with Crippen LogP contribution < -0.4 is 9.47 Å². The van der Waals surface area contributed by atoms with Crippen LogP contribution in [0.3, 0.4) is 0 Å². The molecule has 7 nitrogen and oxygen atoms in total. The molecule has 2 aromatic heterocycles. The van der Waals surface area contributed by atoms with E-state index in [0.717, 1.165) is 60.7 Å². The van der Waals surface area contributed by atoms with Crippen molar-refractivity contribution < 1.29 is 9.47 Å². The molecule has 0 unspecified atom stereocenters. The minimum atomic E-state index is 0.324. The Bertz CT molecular complexity index is 1000. The molecule has 156 valence electrons. The van der Waals surface area contributed by atoms with Gasteiger partial charge >= 0.3 is 0 Å². The van der Waals surface area contributed by atoms with Gasteiger partial charge in [0.2, 0.25) is 6.79 Å². The van der Waals surface area contributed by atoms with Crippen molar-refractivity contribution in [2.75, 3.05) is 19.9 Å². The largest absolute Gasteiger partial charge is 0.454 e. The van der Waals surface area contributed by atoms with Crippen molar-refractivity contribution in [2.45, 2.75) is 36.2 Å². The molecule has 2 aliphatic heterocycles. The molecule has 0 saturated carbocycles. The summed E-state index contributed by atoms with van der Waals surface area (Å²) in [5, 5.41) is 9.95. The fourth-order valence-corrected chi connectivity index (χ4v) is 4.95. The van der Waals surface area contributed by atoms with E-state index >= 15 is 0 Å². The highest BCUT2D eigenvalue weighted by molar-refractivity contribution is 7.98. The molecule has 5 rings (SSSR count). The van der Waals surface area contributed by atoms with Gasteiger partial charge in [0.1, 0.15) is 5.82 Å². The fourth-order valence-electron chi connectivity index (χ4n) is 4.08. The van der Waals surface area contributed by atoms with Gasteiger partial charge in [0.25, 0.3) is 0 Å². The molecule has 3 aromatic rings. The van der Waals surface area contributed by atoms with Crippen molar-refractivity contribution in [1.82, 2.24) is 24.6 Å². The maximum Gasteiger partial charge on any atom is 0.231 e. The monoisotopic (exact) mass is 423 g/mol. The van der Waals surface area contributed by atoms with Crippen LogP contribution in [0.4, 0.5) is 0 Å². The van der Waals surface area contributed by atoms with Gasteiger partial charge in [-0.3, -0.25) is 9.88 Å². The van der Waals surface area contributed by atoms with Crippen LogP contribution in [0.15, 0.2) is 47.9 Å². The third-order valence-corrected chi connectivity index (χ3v) is 6.87. The lowest BCUT2D eigenvalue weighted by Crippen LogP contribution is -2.33. The number of nitrogens with zero attached hydrogens (tertiary/aromatic N) is 5. The van der Waals surface area contributed by atoms with E-state index in [9.17, 15) is 0 Å². The zero-order valence-electron chi connectivity index (χ0n) is 17.0. The average Bonchev–Trinajstić information content (AvgIpc) is 3.40. The fraction of sp³-hybridized carbons (Fsp3) is 0.409. The molecular weight excluding hydrogens is 398 g/mol. The van der Waals surface area contributed by atoms with Crippen LogP contribution in [-0.4, -0.2) is 44.5 Å². The molecule has 0 N–H and O–H groups in total. The first kappa shape index (κ1) is 19.4. The normalized spacial score (nSPS) is 16.8. The van der Waals surface area contributed by atoms with Gasteiger partial charge in [-0.1, -0.05) is 17.8 Å². The highest BCUT2D eigenvalue weighted by Crippen LogP contribution is 2.34. The summed E-state index contributed by atoms with van der Waals surface area (Å²) in [5.41, 5.74) is 2.52. The lowest BCUT2D eigenvalue weighted by Gasteiger charge is -2.31. The first-order chi connectivity index (χ1) is 14.8. The highest BCUT2D eigenvalue weighted by Gasteiger charge is 2.25. The predicted octanol–water partition coefficient (Wildman–Crippen LogP) is 3.61. The molecule has 1 saturated heterocycles. The van der Waals surface area contributed by atoms with Crippen LogP contribution in [0.2, 0.25) is 0 Å². The standard InChI is InChI=1S/C22H25N5O2S/c1-26-21(24-25-22(26)30-14-16-4-8-23-9-5-16)18-6-10-27(11-7-18)13-17-2-3-19-20(12-17)29-15-28-19/h2-5,8-9,12,18H,6-7,10-11,13-15H2,1H3. The van der Waals surface area contributed by atoms with E-state index in [1.807, 2.05) is 30.6 Å². The van der Waals surface area contributed by atoms with E-state index < -0.39 is 0 Å². The Labute approximate surface area is 180 Å². The molecule has 8 heteroatoms. The van der Waals surface area contributed by atoms with E-state index in [-0.39, 0.29) is 0 Å². The van der Waals surface area contributed by atoms with Crippen molar-refractivity contribution in [2.24, 2.45) is 7.05 Å². The van der Waals surface area contributed by atoms with Gasteiger partial charge in [-0.25, -0.2) is 0 Å². The first-order valence-corrected chi connectivity index (χ1v) is 11.3. The number of likely N-dealkylation sites (tertiary alicyclic amines) is 1. The molecule has 0 atom stereocenters. The quantitative estimate of drug-likeness (QED) is 0.561. The number of hydrogen-bond acceptors (Lipinski definition) is 7. The zero-order valence-corrected chi connectivity index (χ0v) is 17.8. The van der Waals surface area contributed by atoms with E-state index in [1.165, 1.54) is 11.1 Å². The molecule has 0 spiro atoms. The number of thioether (sulfide) groups is 1. The summed E-state index contributed by atoms with van der Waals surface area (Å²) in [4.78, 5) is 6.58. The van der Waals surface area contributed by atoms with Crippen LogP contribution in [0, 0.1) is 0 Å². The third kappa shape index (κ3) is 4.15. The average molecular weight is 424 g/mol. The van der Waals surface area contributed by atoms with Crippen LogP contribution in [0.5, 0.6) is 11.5 Å². The summed E-state index contributed by atoms with van der Waals surface area (Å²) in [5.74, 6) is 4.15. The summed E-state index contributed by atoms with van der Waals surface area (Å²) >= 11 is 1.73. The Morgan fingerprint density at radius 2 is 1.80 bits per heavy atom. The second-order valence-corrected chi connectivity index (χ2v) is 8.72. The molecular formula is C22H25N5O2S. The summed E-state index contributed by atoms with van der Waals surface area (Å²) in [6.45, 7) is 3.39. The Morgan fingerprint density at radius 3 is 2.63 bits per heavy atom.